The second-order valence-electron chi connectivity index (χ2n) is 7.22. The molecule has 154 valence electrons. The van der Waals surface area contributed by atoms with E-state index < -0.39 is 23.3 Å². The van der Waals surface area contributed by atoms with Gasteiger partial charge >= 0.3 is 0 Å². The lowest BCUT2D eigenvalue weighted by atomic mass is 9.93. The van der Waals surface area contributed by atoms with Gasteiger partial charge in [0.05, 0.1) is 10.0 Å². The van der Waals surface area contributed by atoms with Crippen LogP contribution in [0.1, 0.15) is 48.5 Å². The number of hydrogen-bond donors (Lipinski definition) is 0. The van der Waals surface area contributed by atoms with Crippen molar-refractivity contribution in [3.8, 4) is 0 Å². The molecule has 0 spiro atoms. The molecule has 1 heterocycles. The van der Waals surface area contributed by atoms with Crippen molar-refractivity contribution in [2.75, 3.05) is 7.05 Å². The molecule has 0 radical (unpaired) electrons. The summed E-state index contributed by atoms with van der Waals surface area (Å²) in [6, 6.07) is 5.71. The number of hydrogen-bond acceptors (Lipinski definition) is 3. The molecule has 1 fully saturated rings. The maximum Gasteiger partial charge on any atom is 0.253 e. The van der Waals surface area contributed by atoms with Gasteiger partial charge in [-0.05, 0) is 37.1 Å². The Morgan fingerprint density at radius 1 is 1.03 bits per heavy atom. The number of rotatable bonds is 5. The number of amides is 1. The molecular formula is C21H21Cl3N2O3. The fraction of sp³-hybridized carbons (Fsp3) is 0.381. The minimum atomic E-state index is -1.40. The third-order valence-electron chi connectivity index (χ3n) is 5.33. The number of benzene rings is 1. The van der Waals surface area contributed by atoms with Gasteiger partial charge < -0.3 is 4.90 Å². The Hall–Kier alpha value is -1.82. The van der Waals surface area contributed by atoms with E-state index in [2.05, 4.69) is 0 Å². The summed E-state index contributed by atoms with van der Waals surface area (Å²) < 4.78 is 1.08. The zero-order chi connectivity index (χ0) is 21.1. The van der Waals surface area contributed by atoms with Gasteiger partial charge in [-0.1, -0.05) is 54.1 Å². The molecule has 0 aliphatic heterocycles. The molecule has 3 rings (SSSR count). The number of aromatic nitrogens is 1. The molecule has 5 nitrogen and oxygen atoms in total. The molecule has 0 saturated heterocycles. The van der Waals surface area contributed by atoms with Crippen molar-refractivity contribution in [1.82, 2.24) is 9.47 Å². The Morgan fingerprint density at radius 2 is 1.69 bits per heavy atom. The Balaban J connectivity index is 2.06. The highest BCUT2D eigenvalue weighted by Gasteiger charge is 2.36. The number of nitrogens with zero attached hydrogens (tertiary/aromatic N) is 2. The molecule has 2 aromatic rings. The van der Waals surface area contributed by atoms with Gasteiger partial charge in [0, 0.05) is 35.9 Å². The topological polar surface area (TPSA) is 59.4 Å². The Labute approximate surface area is 184 Å². The fourth-order valence-electron chi connectivity index (χ4n) is 3.71. The van der Waals surface area contributed by atoms with Crippen LogP contribution < -0.4 is 5.56 Å². The molecule has 1 aliphatic carbocycles. The van der Waals surface area contributed by atoms with Crippen molar-refractivity contribution in [3.63, 3.8) is 0 Å². The molecule has 1 amide bonds. The quantitative estimate of drug-likeness (QED) is 0.469. The number of likely N-dealkylation sites (N-methyl/N-ethyl adjacent to an activating group) is 1. The molecular weight excluding hydrogens is 435 g/mol. The zero-order valence-corrected chi connectivity index (χ0v) is 18.2. The first-order valence-corrected chi connectivity index (χ1v) is 10.6. The van der Waals surface area contributed by atoms with Gasteiger partial charge in [-0.15, -0.1) is 0 Å². The van der Waals surface area contributed by atoms with Crippen molar-refractivity contribution < 1.29 is 9.59 Å². The number of Topliss-reactive ketones (excluding diaryl/α,β-unsaturated/α-hetero) is 1. The Morgan fingerprint density at radius 3 is 2.34 bits per heavy atom. The van der Waals surface area contributed by atoms with Crippen LogP contribution in [0, 0.1) is 0 Å². The second-order valence-corrected chi connectivity index (χ2v) is 8.50. The molecule has 1 aromatic carbocycles. The van der Waals surface area contributed by atoms with Crippen molar-refractivity contribution in [2.45, 2.75) is 44.2 Å². The third kappa shape index (κ3) is 4.85. The summed E-state index contributed by atoms with van der Waals surface area (Å²) in [7, 11) is 1.68. The fourth-order valence-corrected chi connectivity index (χ4v) is 4.38. The van der Waals surface area contributed by atoms with Crippen LogP contribution in [0.2, 0.25) is 15.1 Å². The van der Waals surface area contributed by atoms with Gasteiger partial charge in [0.15, 0.2) is 11.8 Å². The highest BCUT2D eigenvalue weighted by atomic mass is 35.5. The van der Waals surface area contributed by atoms with Gasteiger partial charge in [0.1, 0.15) is 0 Å². The number of carbonyl (C=O) groups is 2. The molecule has 0 bridgehead atoms. The zero-order valence-electron chi connectivity index (χ0n) is 15.9. The van der Waals surface area contributed by atoms with Crippen LogP contribution in [-0.4, -0.2) is 34.2 Å². The van der Waals surface area contributed by atoms with Crippen LogP contribution in [0.4, 0.5) is 0 Å². The maximum atomic E-state index is 13.4. The van der Waals surface area contributed by atoms with Crippen LogP contribution in [0.3, 0.4) is 0 Å². The van der Waals surface area contributed by atoms with Gasteiger partial charge in [0.2, 0.25) is 0 Å². The molecule has 1 aliphatic rings. The molecule has 1 atom stereocenters. The molecule has 8 heteroatoms. The lowest BCUT2D eigenvalue weighted by Gasteiger charge is -2.33. The van der Waals surface area contributed by atoms with E-state index in [1.54, 1.807) is 11.9 Å². The van der Waals surface area contributed by atoms with Crippen LogP contribution in [0.5, 0.6) is 0 Å². The van der Waals surface area contributed by atoms with Crippen LogP contribution in [0.15, 0.2) is 41.3 Å². The average molecular weight is 456 g/mol. The predicted octanol–water partition coefficient (Wildman–Crippen LogP) is 5.02. The summed E-state index contributed by atoms with van der Waals surface area (Å²) in [5.41, 5.74) is -0.374. The van der Waals surface area contributed by atoms with Crippen LogP contribution in [0.25, 0.3) is 0 Å². The summed E-state index contributed by atoms with van der Waals surface area (Å²) in [6.07, 6.45) is 6.24. The highest BCUT2D eigenvalue weighted by Crippen LogP contribution is 2.28. The SMILES string of the molecule is CN(C(=O)[C@@H](C(=O)c1ccc(Cl)cc1Cl)n1cc(Cl)ccc1=O)C1CCCCC1. The summed E-state index contributed by atoms with van der Waals surface area (Å²) >= 11 is 18.2. The lowest BCUT2D eigenvalue weighted by molar-refractivity contribution is -0.134. The second kappa shape index (κ2) is 9.33. The van der Waals surface area contributed by atoms with E-state index in [4.69, 9.17) is 34.8 Å². The first-order valence-electron chi connectivity index (χ1n) is 9.43. The number of ketones is 1. The van der Waals surface area contributed by atoms with Gasteiger partial charge in [-0.2, -0.15) is 0 Å². The van der Waals surface area contributed by atoms with Gasteiger partial charge in [-0.3, -0.25) is 19.0 Å². The lowest BCUT2D eigenvalue weighted by Crippen LogP contribution is -2.46. The van der Waals surface area contributed by atoms with E-state index >= 15 is 0 Å². The highest BCUT2D eigenvalue weighted by molar-refractivity contribution is 6.37. The molecule has 0 unspecified atom stereocenters. The smallest absolute Gasteiger partial charge is 0.253 e. The van der Waals surface area contributed by atoms with E-state index in [0.29, 0.717) is 5.02 Å². The molecule has 1 saturated carbocycles. The van der Waals surface area contributed by atoms with Crippen molar-refractivity contribution >= 4 is 46.5 Å². The largest absolute Gasteiger partial charge is 0.341 e. The third-order valence-corrected chi connectivity index (χ3v) is 6.10. The monoisotopic (exact) mass is 454 g/mol. The normalized spacial score (nSPS) is 15.7. The van der Waals surface area contributed by atoms with E-state index in [1.807, 2.05) is 0 Å². The molecule has 1 aromatic heterocycles. The van der Waals surface area contributed by atoms with E-state index in [1.165, 1.54) is 36.5 Å². The van der Waals surface area contributed by atoms with Gasteiger partial charge in [0.25, 0.3) is 11.5 Å². The predicted molar refractivity (Wildman–Crippen MR) is 115 cm³/mol. The molecule has 0 N–H and O–H groups in total. The van der Waals surface area contributed by atoms with Crippen LogP contribution in [-0.2, 0) is 4.79 Å². The first-order chi connectivity index (χ1) is 13.8. The minimum absolute atomic E-state index is 0.0297. The van der Waals surface area contributed by atoms with Crippen LogP contribution >= 0.6 is 34.8 Å². The number of halogens is 3. The Bertz CT molecular complexity index is 983. The summed E-state index contributed by atoms with van der Waals surface area (Å²) in [5, 5.41) is 0.738. The minimum Gasteiger partial charge on any atom is -0.341 e. The van der Waals surface area contributed by atoms with E-state index in [9.17, 15) is 14.4 Å². The number of pyridine rings is 1. The summed E-state index contributed by atoms with van der Waals surface area (Å²) in [6.45, 7) is 0. The van der Waals surface area contributed by atoms with Crippen molar-refractivity contribution in [1.29, 1.82) is 0 Å². The van der Waals surface area contributed by atoms with Crippen molar-refractivity contribution in [3.05, 3.63) is 67.5 Å². The first kappa shape index (κ1) is 21.9. The van der Waals surface area contributed by atoms with E-state index in [-0.39, 0.29) is 21.7 Å². The van der Waals surface area contributed by atoms with Crippen molar-refractivity contribution in [2.24, 2.45) is 0 Å². The maximum absolute atomic E-state index is 13.4. The summed E-state index contributed by atoms with van der Waals surface area (Å²) in [4.78, 5) is 40.9. The van der Waals surface area contributed by atoms with Gasteiger partial charge in [-0.25, -0.2) is 0 Å². The standard InChI is InChI=1S/C21H21Cl3N2O3/c1-25(15-5-3-2-4-6-15)21(29)19(26-12-14(23)8-10-18(26)27)20(28)16-9-7-13(22)11-17(16)24/h7-12,15,19H,2-6H2,1H3/t19-/m1/s1. The average Bonchev–Trinajstić information content (AvgIpc) is 2.70. The Kier molecular flexibility index (Phi) is 7.04. The molecule has 29 heavy (non-hydrogen) atoms. The number of carbonyl (C=O) groups excluding carboxylic acids is 2. The van der Waals surface area contributed by atoms with E-state index in [0.717, 1.165) is 36.7 Å². The summed E-state index contributed by atoms with van der Waals surface area (Å²) in [5.74, 6) is -1.04.